The van der Waals surface area contributed by atoms with Gasteiger partial charge in [0.15, 0.2) is 0 Å². The third kappa shape index (κ3) is 3.72. The zero-order chi connectivity index (χ0) is 15.2. The number of rotatable bonds is 6. The summed E-state index contributed by atoms with van der Waals surface area (Å²) in [5, 5.41) is 3.11. The third-order valence-electron chi connectivity index (χ3n) is 3.40. The number of ether oxygens (including phenoxy) is 1. The van der Waals surface area contributed by atoms with Gasteiger partial charge in [-0.25, -0.2) is 4.98 Å². The van der Waals surface area contributed by atoms with E-state index in [1.807, 2.05) is 26.1 Å². The maximum atomic E-state index is 5.95. The first-order chi connectivity index (χ1) is 10.2. The minimum atomic E-state index is 0.627. The number of nitrogens with zero attached hydrogens (tertiary/aromatic N) is 2. The number of anilines is 1. The van der Waals surface area contributed by atoms with Crippen molar-refractivity contribution in [3.05, 3.63) is 41.2 Å². The molecular formula is C17H23N3O. The van der Waals surface area contributed by atoms with Crippen molar-refractivity contribution in [2.24, 2.45) is 0 Å². The lowest BCUT2D eigenvalue weighted by molar-refractivity contribution is 0.454. The van der Waals surface area contributed by atoms with Crippen LogP contribution in [0.5, 0.6) is 11.6 Å². The molecule has 0 saturated carbocycles. The SMILES string of the molecule is CCCc1nc(NC)c(C)c(Oc2ccc(CC)cc2)n1. The molecule has 4 nitrogen and oxygen atoms in total. The van der Waals surface area contributed by atoms with Gasteiger partial charge in [-0.05, 0) is 37.5 Å². The maximum absolute atomic E-state index is 5.95. The summed E-state index contributed by atoms with van der Waals surface area (Å²) in [5.74, 6) is 3.07. The fourth-order valence-electron chi connectivity index (χ4n) is 2.12. The first-order valence-electron chi connectivity index (χ1n) is 7.50. The smallest absolute Gasteiger partial charge is 0.227 e. The van der Waals surface area contributed by atoms with E-state index in [1.54, 1.807) is 0 Å². The predicted molar refractivity (Wildman–Crippen MR) is 86.2 cm³/mol. The van der Waals surface area contributed by atoms with Crippen LogP contribution in [-0.4, -0.2) is 17.0 Å². The second-order valence-electron chi connectivity index (χ2n) is 5.02. The summed E-state index contributed by atoms with van der Waals surface area (Å²) in [6.45, 7) is 6.23. The molecular weight excluding hydrogens is 262 g/mol. The molecule has 112 valence electrons. The Hall–Kier alpha value is -2.10. The highest BCUT2D eigenvalue weighted by Crippen LogP contribution is 2.27. The molecule has 0 aliphatic heterocycles. The highest BCUT2D eigenvalue weighted by atomic mass is 16.5. The van der Waals surface area contributed by atoms with E-state index < -0.39 is 0 Å². The van der Waals surface area contributed by atoms with Crippen LogP contribution in [0.3, 0.4) is 0 Å². The third-order valence-corrected chi connectivity index (χ3v) is 3.40. The number of benzene rings is 1. The van der Waals surface area contributed by atoms with Gasteiger partial charge in [0.2, 0.25) is 5.88 Å². The van der Waals surface area contributed by atoms with Crippen molar-refractivity contribution >= 4 is 5.82 Å². The highest BCUT2D eigenvalue weighted by Gasteiger charge is 2.11. The summed E-state index contributed by atoms with van der Waals surface area (Å²) in [7, 11) is 1.87. The molecule has 0 amide bonds. The summed E-state index contributed by atoms with van der Waals surface area (Å²) in [6, 6.07) is 8.13. The Kier molecular flexibility index (Phi) is 5.14. The van der Waals surface area contributed by atoms with Crippen LogP contribution in [0.4, 0.5) is 5.82 Å². The zero-order valence-corrected chi connectivity index (χ0v) is 13.2. The standard InChI is InChI=1S/C17H23N3O/c1-5-7-15-19-16(18-4)12(3)17(20-15)21-14-10-8-13(6-2)9-11-14/h8-11H,5-7H2,1-4H3,(H,18,19,20). The lowest BCUT2D eigenvalue weighted by Crippen LogP contribution is -2.05. The molecule has 2 aromatic rings. The van der Waals surface area contributed by atoms with Crippen molar-refractivity contribution in [2.75, 3.05) is 12.4 Å². The van der Waals surface area contributed by atoms with E-state index in [0.29, 0.717) is 5.88 Å². The minimum absolute atomic E-state index is 0.627. The molecule has 0 unspecified atom stereocenters. The van der Waals surface area contributed by atoms with Gasteiger partial charge in [0, 0.05) is 13.5 Å². The molecule has 0 aliphatic rings. The number of nitrogens with one attached hydrogen (secondary N) is 1. The van der Waals surface area contributed by atoms with Crippen LogP contribution in [0.2, 0.25) is 0 Å². The van der Waals surface area contributed by atoms with Gasteiger partial charge in [0.1, 0.15) is 17.4 Å². The monoisotopic (exact) mass is 285 g/mol. The number of hydrogen-bond acceptors (Lipinski definition) is 4. The van der Waals surface area contributed by atoms with Crippen molar-refractivity contribution in [3.63, 3.8) is 0 Å². The average molecular weight is 285 g/mol. The van der Waals surface area contributed by atoms with Crippen LogP contribution in [-0.2, 0) is 12.8 Å². The quantitative estimate of drug-likeness (QED) is 0.866. The topological polar surface area (TPSA) is 47.0 Å². The van der Waals surface area contributed by atoms with Crippen molar-refractivity contribution in [1.29, 1.82) is 0 Å². The molecule has 0 spiro atoms. The number of aryl methyl sites for hydroxylation is 2. The molecule has 2 rings (SSSR count). The first-order valence-corrected chi connectivity index (χ1v) is 7.50. The lowest BCUT2D eigenvalue weighted by atomic mass is 10.2. The Labute approximate surface area is 126 Å². The second-order valence-corrected chi connectivity index (χ2v) is 5.02. The van der Waals surface area contributed by atoms with E-state index in [0.717, 1.165) is 42.2 Å². The molecule has 1 N–H and O–H groups in total. The number of aromatic nitrogens is 2. The maximum Gasteiger partial charge on any atom is 0.227 e. The van der Waals surface area contributed by atoms with Gasteiger partial charge < -0.3 is 10.1 Å². The van der Waals surface area contributed by atoms with E-state index in [-0.39, 0.29) is 0 Å². The molecule has 21 heavy (non-hydrogen) atoms. The van der Waals surface area contributed by atoms with E-state index in [4.69, 9.17) is 4.74 Å². The molecule has 0 atom stereocenters. The van der Waals surface area contributed by atoms with Crippen molar-refractivity contribution < 1.29 is 4.74 Å². The lowest BCUT2D eigenvalue weighted by Gasteiger charge is -2.13. The molecule has 4 heteroatoms. The molecule has 0 bridgehead atoms. The molecule has 0 fully saturated rings. The number of hydrogen-bond donors (Lipinski definition) is 1. The summed E-state index contributed by atoms with van der Waals surface area (Å²) in [4.78, 5) is 9.04. The van der Waals surface area contributed by atoms with Gasteiger partial charge in [0.25, 0.3) is 0 Å². The minimum Gasteiger partial charge on any atom is -0.439 e. The average Bonchev–Trinajstić information content (AvgIpc) is 2.51. The molecule has 0 aliphatic carbocycles. The Morgan fingerprint density at radius 2 is 1.81 bits per heavy atom. The van der Waals surface area contributed by atoms with Gasteiger partial charge in [-0.3, -0.25) is 0 Å². The van der Waals surface area contributed by atoms with Crippen LogP contribution >= 0.6 is 0 Å². The second kappa shape index (κ2) is 7.07. The fourth-order valence-corrected chi connectivity index (χ4v) is 2.12. The van der Waals surface area contributed by atoms with Crippen LogP contribution in [0.15, 0.2) is 24.3 Å². The van der Waals surface area contributed by atoms with Crippen molar-refractivity contribution in [3.8, 4) is 11.6 Å². The fraction of sp³-hybridized carbons (Fsp3) is 0.412. The van der Waals surface area contributed by atoms with E-state index in [9.17, 15) is 0 Å². The van der Waals surface area contributed by atoms with Crippen molar-refractivity contribution in [1.82, 2.24) is 9.97 Å². The van der Waals surface area contributed by atoms with Gasteiger partial charge in [0.05, 0.1) is 5.56 Å². The molecule has 0 radical (unpaired) electrons. The normalized spacial score (nSPS) is 10.5. The van der Waals surface area contributed by atoms with Gasteiger partial charge in [-0.1, -0.05) is 26.0 Å². The Balaban J connectivity index is 2.30. The zero-order valence-electron chi connectivity index (χ0n) is 13.2. The summed E-state index contributed by atoms with van der Waals surface area (Å²) < 4.78 is 5.95. The summed E-state index contributed by atoms with van der Waals surface area (Å²) in [5.41, 5.74) is 2.22. The molecule has 0 saturated heterocycles. The first kappa shape index (κ1) is 15.3. The molecule has 1 aromatic heterocycles. The van der Waals surface area contributed by atoms with E-state index in [1.165, 1.54) is 5.56 Å². The van der Waals surface area contributed by atoms with Crippen LogP contribution in [0, 0.1) is 6.92 Å². The van der Waals surface area contributed by atoms with Crippen LogP contribution < -0.4 is 10.1 Å². The predicted octanol–water partition coefficient (Wildman–Crippen LogP) is 4.13. The van der Waals surface area contributed by atoms with E-state index >= 15 is 0 Å². The molecule has 1 aromatic carbocycles. The van der Waals surface area contributed by atoms with Crippen LogP contribution in [0.25, 0.3) is 0 Å². The summed E-state index contributed by atoms with van der Waals surface area (Å²) >= 11 is 0. The van der Waals surface area contributed by atoms with Gasteiger partial charge in [-0.2, -0.15) is 4.98 Å². The van der Waals surface area contributed by atoms with Crippen LogP contribution in [0.1, 0.15) is 37.2 Å². The highest BCUT2D eigenvalue weighted by molar-refractivity contribution is 5.49. The summed E-state index contributed by atoms with van der Waals surface area (Å²) in [6.07, 6.45) is 2.88. The van der Waals surface area contributed by atoms with Gasteiger partial charge >= 0.3 is 0 Å². The van der Waals surface area contributed by atoms with E-state index in [2.05, 4.69) is 41.3 Å². The Morgan fingerprint density at radius 3 is 2.38 bits per heavy atom. The van der Waals surface area contributed by atoms with Gasteiger partial charge in [-0.15, -0.1) is 0 Å². The Bertz CT molecular complexity index is 594. The van der Waals surface area contributed by atoms with Crippen molar-refractivity contribution in [2.45, 2.75) is 40.0 Å². The Morgan fingerprint density at radius 1 is 1.10 bits per heavy atom. The molecule has 1 heterocycles. The largest absolute Gasteiger partial charge is 0.439 e.